The Morgan fingerprint density at radius 1 is 1.44 bits per heavy atom. The molecule has 0 atom stereocenters. The number of fused-ring (bicyclic) bond motifs is 1. The van der Waals surface area contributed by atoms with Crippen LogP contribution in [0.2, 0.25) is 0 Å². The lowest BCUT2D eigenvalue weighted by molar-refractivity contribution is -0.116. The van der Waals surface area contributed by atoms with Gasteiger partial charge in [0.25, 0.3) is 0 Å². The predicted octanol–water partition coefficient (Wildman–Crippen LogP) is 3.18. The lowest BCUT2D eigenvalue weighted by atomic mass is 10.1. The zero-order chi connectivity index (χ0) is 11.7. The van der Waals surface area contributed by atoms with Crippen LogP contribution in [0.15, 0.2) is 18.3 Å². The second-order valence-corrected chi connectivity index (χ2v) is 4.08. The maximum atomic E-state index is 13.5. The van der Waals surface area contributed by atoms with E-state index in [0.717, 1.165) is 16.5 Å². The molecule has 0 fully saturated rings. The molecule has 0 amide bonds. The Hall–Kier alpha value is -1.35. The highest BCUT2D eigenvalue weighted by molar-refractivity contribution is 6.17. The minimum Gasteiger partial charge on any atom is -0.361 e. The smallest absolute Gasteiger partial charge is 0.134 e. The number of hydrogen-bond donors (Lipinski definition) is 1. The van der Waals surface area contributed by atoms with E-state index in [0.29, 0.717) is 12.0 Å². The van der Waals surface area contributed by atoms with Crippen LogP contribution >= 0.6 is 11.6 Å². The summed E-state index contributed by atoms with van der Waals surface area (Å²) in [6, 6.07) is 3.11. The summed E-state index contributed by atoms with van der Waals surface area (Å²) in [6.07, 6.45) is 2.06. The Morgan fingerprint density at radius 3 is 2.81 bits per heavy atom. The van der Waals surface area contributed by atoms with Crippen molar-refractivity contribution in [1.82, 2.24) is 4.98 Å². The van der Waals surface area contributed by atoms with Crippen LogP contribution in [0.1, 0.15) is 18.1 Å². The third-order valence-electron chi connectivity index (χ3n) is 2.52. The number of carbonyl (C=O) groups is 1. The van der Waals surface area contributed by atoms with Crippen LogP contribution in [-0.2, 0) is 17.1 Å². The van der Waals surface area contributed by atoms with Gasteiger partial charge in [-0.1, -0.05) is 0 Å². The summed E-state index contributed by atoms with van der Waals surface area (Å²) in [7, 11) is 0. The molecule has 0 spiro atoms. The molecule has 0 bridgehead atoms. The highest BCUT2D eigenvalue weighted by Crippen LogP contribution is 2.23. The van der Waals surface area contributed by atoms with Crippen molar-refractivity contribution in [2.75, 3.05) is 0 Å². The standard InChI is InChI=1S/C12H11ClFNO/c1-7(16)2-9-6-15-12-3-8(5-13)11(14)4-10(9)12/h3-4,6,15H,2,5H2,1H3. The molecule has 2 rings (SSSR count). The summed E-state index contributed by atoms with van der Waals surface area (Å²) in [5.41, 5.74) is 2.10. The van der Waals surface area contributed by atoms with Crippen LogP contribution in [0.3, 0.4) is 0 Å². The highest BCUT2D eigenvalue weighted by Gasteiger charge is 2.10. The fraction of sp³-hybridized carbons (Fsp3) is 0.250. The largest absolute Gasteiger partial charge is 0.361 e. The van der Waals surface area contributed by atoms with Gasteiger partial charge in [-0.2, -0.15) is 0 Å². The highest BCUT2D eigenvalue weighted by atomic mass is 35.5. The van der Waals surface area contributed by atoms with Crippen LogP contribution in [0.4, 0.5) is 4.39 Å². The summed E-state index contributed by atoms with van der Waals surface area (Å²) in [6.45, 7) is 1.52. The van der Waals surface area contributed by atoms with Gasteiger partial charge >= 0.3 is 0 Å². The molecule has 4 heteroatoms. The molecule has 16 heavy (non-hydrogen) atoms. The third kappa shape index (κ3) is 1.95. The summed E-state index contributed by atoms with van der Waals surface area (Å²) >= 11 is 5.62. The van der Waals surface area contributed by atoms with E-state index in [1.54, 1.807) is 12.3 Å². The molecule has 0 aliphatic heterocycles. The summed E-state index contributed by atoms with van der Waals surface area (Å²) in [5.74, 6) is -0.127. The van der Waals surface area contributed by atoms with Crippen molar-refractivity contribution in [2.45, 2.75) is 19.2 Å². The van der Waals surface area contributed by atoms with Gasteiger partial charge in [0.05, 0.1) is 5.88 Å². The first-order chi connectivity index (χ1) is 7.61. The third-order valence-corrected chi connectivity index (χ3v) is 2.81. The van der Waals surface area contributed by atoms with Gasteiger partial charge in [0, 0.05) is 29.1 Å². The Bertz CT molecular complexity index is 547. The van der Waals surface area contributed by atoms with E-state index in [2.05, 4.69) is 4.98 Å². The molecule has 0 aliphatic carbocycles. The van der Waals surface area contributed by atoms with Crippen LogP contribution in [0.5, 0.6) is 0 Å². The quantitative estimate of drug-likeness (QED) is 0.820. The zero-order valence-corrected chi connectivity index (χ0v) is 9.57. The number of halogens is 2. The minimum absolute atomic E-state index is 0.0581. The number of benzene rings is 1. The van der Waals surface area contributed by atoms with E-state index in [4.69, 9.17) is 11.6 Å². The molecule has 1 aromatic heterocycles. The Morgan fingerprint density at radius 2 is 2.19 bits per heavy atom. The molecule has 0 saturated heterocycles. The van der Waals surface area contributed by atoms with Gasteiger partial charge in [0.1, 0.15) is 11.6 Å². The lowest BCUT2D eigenvalue weighted by Gasteiger charge is -2.00. The Balaban J connectivity index is 2.55. The van der Waals surface area contributed by atoms with Gasteiger partial charge in [-0.3, -0.25) is 4.79 Å². The molecule has 1 heterocycles. The Kier molecular flexibility index (Phi) is 2.97. The molecule has 1 N–H and O–H groups in total. The van der Waals surface area contributed by atoms with E-state index in [-0.39, 0.29) is 17.5 Å². The van der Waals surface area contributed by atoms with Gasteiger partial charge in [0.2, 0.25) is 0 Å². The van der Waals surface area contributed by atoms with Crippen molar-refractivity contribution in [3.8, 4) is 0 Å². The summed E-state index contributed by atoms with van der Waals surface area (Å²) < 4.78 is 13.5. The van der Waals surface area contributed by atoms with E-state index in [9.17, 15) is 9.18 Å². The molecule has 1 aromatic carbocycles. The lowest BCUT2D eigenvalue weighted by Crippen LogP contribution is -1.95. The molecule has 0 aliphatic rings. The Labute approximate surface area is 97.4 Å². The number of aromatic amines is 1. The average Bonchev–Trinajstić information content (AvgIpc) is 2.59. The van der Waals surface area contributed by atoms with E-state index < -0.39 is 0 Å². The van der Waals surface area contributed by atoms with Gasteiger partial charge in [-0.05, 0) is 24.6 Å². The van der Waals surface area contributed by atoms with Crippen molar-refractivity contribution in [1.29, 1.82) is 0 Å². The van der Waals surface area contributed by atoms with Crippen molar-refractivity contribution in [3.63, 3.8) is 0 Å². The minimum atomic E-state index is -0.327. The number of Topliss-reactive ketones (excluding diaryl/α,β-unsaturated/α-hetero) is 1. The van der Waals surface area contributed by atoms with Crippen molar-refractivity contribution in [2.24, 2.45) is 0 Å². The first-order valence-electron chi connectivity index (χ1n) is 4.95. The predicted molar refractivity (Wildman–Crippen MR) is 62.2 cm³/mol. The number of rotatable bonds is 3. The van der Waals surface area contributed by atoms with Crippen molar-refractivity contribution < 1.29 is 9.18 Å². The number of H-pyrrole nitrogens is 1. The number of alkyl halides is 1. The van der Waals surface area contributed by atoms with Crippen molar-refractivity contribution in [3.05, 3.63) is 35.3 Å². The maximum Gasteiger partial charge on any atom is 0.134 e. The molecular weight excluding hydrogens is 229 g/mol. The SMILES string of the molecule is CC(=O)Cc1c[nH]c2cc(CCl)c(F)cc12. The van der Waals surface area contributed by atoms with Gasteiger partial charge in [0.15, 0.2) is 0 Å². The summed E-state index contributed by atoms with van der Waals surface area (Å²) in [4.78, 5) is 14.1. The molecule has 0 saturated carbocycles. The fourth-order valence-corrected chi connectivity index (χ4v) is 1.97. The van der Waals surface area contributed by atoms with Crippen LogP contribution in [0.25, 0.3) is 10.9 Å². The normalized spacial score (nSPS) is 10.9. The average molecular weight is 240 g/mol. The second-order valence-electron chi connectivity index (χ2n) is 3.82. The fourth-order valence-electron chi connectivity index (χ4n) is 1.76. The molecule has 0 radical (unpaired) electrons. The molecule has 2 nitrogen and oxygen atoms in total. The number of hydrogen-bond acceptors (Lipinski definition) is 1. The van der Waals surface area contributed by atoms with Crippen LogP contribution in [-0.4, -0.2) is 10.8 Å². The molecule has 2 aromatic rings. The van der Waals surface area contributed by atoms with E-state index in [1.807, 2.05) is 0 Å². The first kappa shape index (κ1) is 11.1. The topological polar surface area (TPSA) is 32.9 Å². The zero-order valence-electron chi connectivity index (χ0n) is 8.81. The second kappa shape index (κ2) is 4.26. The summed E-state index contributed by atoms with van der Waals surface area (Å²) in [5, 5.41) is 0.751. The number of carbonyl (C=O) groups excluding carboxylic acids is 1. The van der Waals surface area contributed by atoms with Gasteiger partial charge in [-0.25, -0.2) is 4.39 Å². The van der Waals surface area contributed by atoms with Gasteiger partial charge < -0.3 is 4.98 Å². The van der Waals surface area contributed by atoms with Crippen molar-refractivity contribution >= 4 is 28.3 Å². The van der Waals surface area contributed by atoms with E-state index >= 15 is 0 Å². The monoisotopic (exact) mass is 239 g/mol. The molecule has 0 unspecified atom stereocenters. The van der Waals surface area contributed by atoms with E-state index in [1.165, 1.54) is 13.0 Å². The van der Waals surface area contributed by atoms with Crippen LogP contribution in [0, 0.1) is 5.82 Å². The first-order valence-corrected chi connectivity index (χ1v) is 5.49. The van der Waals surface area contributed by atoms with Crippen LogP contribution < -0.4 is 0 Å². The number of ketones is 1. The number of nitrogens with one attached hydrogen (secondary N) is 1. The van der Waals surface area contributed by atoms with Gasteiger partial charge in [-0.15, -0.1) is 11.6 Å². The number of aromatic nitrogens is 1. The molecular formula is C12H11ClFNO. The molecule has 84 valence electrons. The maximum absolute atomic E-state index is 13.5.